The van der Waals surface area contributed by atoms with Crippen LogP contribution in [0, 0.1) is 5.92 Å². The average molecular weight is 240 g/mol. The van der Waals surface area contributed by atoms with Crippen molar-refractivity contribution in [1.29, 1.82) is 0 Å². The van der Waals surface area contributed by atoms with Crippen LogP contribution in [0.4, 0.5) is 5.82 Å². The van der Waals surface area contributed by atoms with Gasteiger partial charge in [-0.3, -0.25) is 4.98 Å². The smallest absolute Gasteiger partial charge is 0.147 e. The predicted octanol–water partition coefficient (Wildman–Crippen LogP) is 2.84. The Bertz CT molecular complexity index is 337. The minimum Gasteiger partial charge on any atom is -0.352 e. The molecule has 0 aliphatic carbocycles. The van der Waals surface area contributed by atoms with Crippen LogP contribution >= 0.6 is 11.6 Å². The number of rotatable bonds is 3. The average Bonchev–Trinajstić information content (AvgIpc) is 2.78. The molecule has 0 saturated carbocycles. The lowest BCUT2D eigenvalue weighted by molar-refractivity contribution is 0.489. The molecule has 0 spiro atoms. The topological polar surface area (TPSA) is 29.0 Å². The summed E-state index contributed by atoms with van der Waals surface area (Å²) in [5.41, 5.74) is 0.839. The quantitative estimate of drug-likeness (QED) is 0.760. The second-order valence-electron chi connectivity index (χ2n) is 4.65. The Morgan fingerprint density at radius 2 is 2.25 bits per heavy atom. The summed E-state index contributed by atoms with van der Waals surface area (Å²) in [5, 5.41) is 0. The van der Waals surface area contributed by atoms with Crippen molar-refractivity contribution in [2.24, 2.45) is 5.92 Å². The summed E-state index contributed by atoms with van der Waals surface area (Å²) in [5.74, 6) is 2.09. The third kappa shape index (κ3) is 2.29. The number of halogens is 1. The van der Waals surface area contributed by atoms with Gasteiger partial charge in [-0.1, -0.05) is 13.8 Å². The van der Waals surface area contributed by atoms with Crippen molar-refractivity contribution in [1.82, 2.24) is 9.97 Å². The molecule has 1 fully saturated rings. The second kappa shape index (κ2) is 5.00. The van der Waals surface area contributed by atoms with Gasteiger partial charge in [0.25, 0.3) is 0 Å². The van der Waals surface area contributed by atoms with Crippen LogP contribution in [0.15, 0.2) is 12.4 Å². The van der Waals surface area contributed by atoms with E-state index in [0.29, 0.717) is 17.8 Å². The van der Waals surface area contributed by atoms with Crippen LogP contribution in [0.5, 0.6) is 0 Å². The lowest BCUT2D eigenvalue weighted by Gasteiger charge is -2.28. The highest BCUT2D eigenvalue weighted by Gasteiger charge is 2.27. The van der Waals surface area contributed by atoms with Gasteiger partial charge < -0.3 is 4.90 Å². The first-order valence-corrected chi connectivity index (χ1v) is 6.39. The third-order valence-corrected chi connectivity index (χ3v) is 3.47. The SMILES string of the molecule is CC(C)C1CCCN1c1cnc(CCl)cn1. The predicted molar refractivity (Wildman–Crippen MR) is 66.8 cm³/mol. The van der Waals surface area contributed by atoms with E-state index in [9.17, 15) is 0 Å². The molecule has 0 radical (unpaired) electrons. The van der Waals surface area contributed by atoms with E-state index in [-0.39, 0.29) is 0 Å². The van der Waals surface area contributed by atoms with Gasteiger partial charge in [-0.15, -0.1) is 11.6 Å². The summed E-state index contributed by atoms with van der Waals surface area (Å²) in [7, 11) is 0. The fraction of sp³-hybridized carbons (Fsp3) is 0.667. The maximum Gasteiger partial charge on any atom is 0.147 e. The van der Waals surface area contributed by atoms with Crippen molar-refractivity contribution in [2.45, 2.75) is 38.6 Å². The van der Waals surface area contributed by atoms with E-state index in [1.54, 1.807) is 6.20 Å². The van der Waals surface area contributed by atoms with Crippen molar-refractivity contribution in [2.75, 3.05) is 11.4 Å². The minimum absolute atomic E-state index is 0.431. The fourth-order valence-corrected chi connectivity index (χ4v) is 2.47. The van der Waals surface area contributed by atoms with Gasteiger partial charge in [0.15, 0.2) is 0 Å². The molecule has 2 rings (SSSR count). The first-order valence-electron chi connectivity index (χ1n) is 5.86. The van der Waals surface area contributed by atoms with Gasteiger partial charge in [0.2, 0.25) is 0 Å². The maximum absolute atomic E-state index is 5.70. The zero-order valence-electron chi connectivity index (χ0n) is 9.86. The van der Waals surface area contributed by atoms with Gasteiger partial charge in [-0.05, 0) is 18.8 Å². The zero-order valence-corrected chi connectivity index (χ0v) is 10.6. The van der Waals surface area contributed by atoms with E-state index in [1.807, 2.05) is 6.20 Å². The van der Waals surface area contributed by atoms with E-state index < -0.39 is 0 Å². The lowest BCUT2D eigenvalue weighted by atomic mass is 10.0. The first-order chi connectivity index (χ1) is 7.72. The number of nitrogens with zero attached hydrogens (tertiary/aromatic N) is 3. The van der Waals surface area contributed by atoms with Crippen LogP contribution in [-0.4, -0.2) is 22.6 Å². The van der Waals surface area contributed by atoms with Gasteiger partial charge in [-0.2, -0.15) is 0 Å². The Labute approximate surface area is 102 Å². The highest BCUT2D eigenvalue weighted by Crippen LogP contribution is 2.27. The van der Waals surface area contributed by atoms with Crippen molar-refractivity contribution >= 4 is 17.4 Å². The molecular weight excluding hydrogens is 222 g/mol. The van der Waals surface area contributed by atoms with Crippen molar-refractivity contribution in [3.05, 3.63) is 18.1 Å². The molecule has 1 aliphatic rings. The Balaban J connectivity index is 2.16. The Morgan fingerprint density at radius 3 is 2.81 bits per heavy atom. The molecule has 1 aromatic rings. The normalized spacial score (nSPS) is 20.8. The molecule has 0 N–H and O–H groups in total. The maximum atomic E-state index is 5.70. The highest BCUT2D eigenvalue weighted by atomic mass is 35.5. The molecule has 88 valence electrons. The number of anilines is 1. The Morgan fingerprint density at radius 1 is 1.44 bits per heavy atom. The summed E-state index contributed by atoms with van der Waals surface area (Å²) in [4.78, 5) is 11.1. The number of aromatic nitrogens is 2. The van der Waals surface area contributed by atoms with E-state index in [4.69, 9.17) is 11.6 Å². The van der Waals surface area contributed by atoms with E-state index >= 15 is 0 Å². The summed E-state index contributed by atoms with van der Waals surface area (Å²) in [6, 6.07) is 0.608. The second-order valence-corrected chi connectivity index (χ2v) is 4.91. The Hall–Kier alpha value is -0.830. The van der Waals surface area contributed by atoms with E-state index in [2.05, 4.69) is 28.7 Å². The van der Waals surface area contributed by atoms with Crippen molar-refractivity contribution < 1.29 is 0 Å². The summed E-state index contributed by atoms with van der Waals surface area (Å²) in [6.45, 7) is 5.63. The summed E-state index contributed by atoms with van der Waals surface area (Å²) >= 11 is 5.70. The van der Waals surface area contributed by atoms with Gasteiger partial charge >= 0.3 is 0 Å². The largest absolute Gasteiger partial charge is 0.352 e. The first kappa shape index (κ1) is 11.6. The van der Waals surface area contributed by atoms with Gasteiger partial charge in [-0.25, -0.2) is 4.98 Å². The molecule has 0 bridgehead atoms. The molecule has 1 atom stereocenters. The van der Waals surface area contributed by atoms with Crippen LogP contribution in [0.2, 0.25) is 0 Å². The van der Waals surface area contributed by atoms with Gasteiger partial charge in [0, 0.05) is 12.6 Å². The summed E-state index contributed by atoms with van der Waals surface area (Å²) < 4.78 is 0. The van der Waals surface area contributed by atoms with Gasteiger partial charge in [0.1, 0.15) is 5.82 Å². The molecule has 0 amide bonds. The van der Waals surface area contributed by atoms with Crippen molar-refractivity contribution in [3.8, 4) is 0 Å². The molecule has 1 saturated heterocycles. The molecular formula is C12H18ClN3. The van der Waals surface area contributed by atoms with Crippen molar-refractivity contribution in [3.63, 3.8) is 0 Å². The van der Waals surface area contributed by atoms with E-state index in [0.717, 1.165) is 18.1 Å². The summed E-state index contributed by atoms with van der Waals surface area (Å²) in [6.07, 6.45) is 6.13. The molecule has 2 heterocycles. The van der Waals surface area contributed by atoms with Gasteiger partial charge in [0.05, 0.1) is 24.0 Å². The van der Waals surface area contributed by atoms with Crippen LogP contribution in [0.1, 0.15) is 32.4 Å². The van der Waals surface area contributed by atoms with Crippen LogP contribution in [-0.2, 0) is 5.88 Å². The molecule has 1 aliphatic heterocycles. The Kier molecular flexibility index (Phi) is 3.64. The molecule has 16 heavy (non-hydrogen) atoms. The number of hydrogen-bond donors (Lipinski definition) is 0. The highest BCUT2D eigenvalue weighted by molar-refractivity contribution is 6.16. The van der Waals surface area contributed by atoms with Crippen LogP contribution < -0.4 is 4.90 Å². The monoisotopic (exact) mass is 239 g/mol. The zero-order chi connectivity index (χ0) is 11.5. The number of hydrogen-bond acceptors (Lipinski definition) is 3. The molecule has 3 nitrogen and oxygen atoms in total. The third-order valence-electron chi connectivity index (χ3n) is 3.19. The minimum atomic E-state index is 0.431. The van der Waals surface area contributed by atoms with Crippen LogP contribution in [0.25, 0.3) is 0 Å². The molecule has 0 aromatic carbocycles. The van der Waals surface area contributed by atoms with Crippen LogP contribution in [0.3, 0.4) is 0 Å². The van der Waals surface area contributed by atoms with E-state index in [1.165, 1.54) is 12.8 Å². The molecule has 1 unspecified atom stereocenters. The number of alkyl halides is 1. The standard InChI is InChI=1S/C12H18ClN3/c1-9(2)11-4-3-5-16(11)12-8-14-10(6-13)7-15-12/h7-9,11H,3-6H2,1-2H3. The lowest BCUT2D eigenvalue weighted by Crippen LogP contribution is -2.34. The molecule has 1 aromatic heterocycles. The molecule has 4 heteroatoms. The fourth-order valence-electron chi connectivity index (χ4n) is 2.34.